The molecule has 1 saturated carbocycles. The van der Waals surface area contributed by atoms with E-state index in [1.807, 2.05) is 7.05 Å². The summed E-state index contributed by atoms with van der Waals surface area (Å²) in [6, 6.07) is 3.66. The fraction of sp³-hybridized carbons (Fsp3) is 0.579. The molecule has 2 N–H and O–H groups in total. The Morgan fingerprint density at radius 2 is 1.92 bits per heavy atom. The Labute approximate surface area is 152 Å². The van der Waals surface area contributed by atoms with Gasteiger partial charge in [-0.25, -0.2) is 8.78 Å². The summed E-state index contributed by atoms with van der Waals surface area (Å²) in [6.07, 6.45) is 3.33. The minimum absolute atomic E-state index is 0.0626. The third kappa shape index (κ3) is 4.03. The van der Waals surface area contributed by atoms with E-state index in [4.69, 9.17) is 0 Å². The fourth-order valence-electron chi connectivity index (χ4n) is 3.83. The smallest absolute Gasteiger partial charge is 0.222 e. The number of rotatable bonds is 6. The van der Waals surface area contributed by atoms with Crippen LogP contribution >= 0.6 is 0 Å². The highest BCUT2D eigenvalue weighted by atomic mass is 19.1. The molecule has 1 aliphatic heterocycles. The molecule has 1 aliphatic carbocycles. The van der Waals surface area contributed by atoms with E-state index in [1.165, 1.54) is 13.0 Å². The van der Waals surface area contributed by atoms with Crippen LogP contribution in [0.5, 0.6) is 0 Å². The van der Waals surface area contributed by atoms with Gasteiger partial charge in [0.05, 0.1) is 5.54 Å². The van der Waals surface area contributed by atoms with Crippen LogP contribution in [0.3, 0.4) is 0 Å². The van der Waals surface area contributed by atoms with Gasteiger partial charge in [0.15, 0.2) is 0 Å². The van der Waals surface area contributed by atoms with Crippen LogP contribution < -0.4 is 10.6 Å². The Balaban J connectivity index is 1.58. The van der Waals surface area contributed by atoms with Crippen LogP contribution in [0.2, 0.25) is 0 Å². The molecule has 2 fully saturated rings. The number of likely N-dealkylation sites (N-methyl/N-ethyl adjacent to an activating group) is 1. The highest BCUT2D eigenvalue weighted by Crippen LogP contribution is 2.46. The third-order valence-electron chi connectivity index (χ3n) is 5.57. The van der Waals surface area contributed by atoms with Crippen LogP contribution in [0, 0.1) is 11.6 Å². The van der Waals surface area contributed by atoms with E-state index in [2.05, 4.69) is 15.5 Å². The minimum Gasteiger partial charge on any atom is -0.355 e. The van der Waals surface area contributed by atoms with E-state index >= 15 is 0 Å². The lowest BCUT2D eigenvalue weighted by Crippen LogP contribution is -2.43. The van der Waals surface area contributed by atoms with Gasteiger partial charge in [-0.05, 0) is 50.9 Å². The summed E-state index contributed by atoms with van der Waals surface area (Å²) in [5, 5.41) is 5.74. The van der Waals surface area contributed by atoms with Gasteiger partial charge >= 0.3 is 0 Å². The van der Waals surface area contributed by atoms with E-state index in [0.717, 1.165) is 25.0 Å². The van der Waals surface area contributed by atoms with Crippen molar-refractivity contribution in [3.63, 3.8) is 0 Å². The summed E-state index contributed by atoms with van der Waals surface area (Å²) in [4.78, 5) is 25.7. The van der Waals surface area contributed by atoms with Crippen molar-refractivity contribution in [3.8, 4) is 0 Å². The molecule has 2 amide bonds. The zero-order chi connectivity index (χ0) is 18.9. The van der Waals surface area contributed by atoms with Gasteiger partial charge in [-0.1, -0.05) is 0 Å². The second-order valence-electron chi connectivity index (χ2n) is 7.45. The second kappa shape index (κ2) is 7.31. The van der Waals surface area contributed by atoms with Gasteiger partial charge < -0.3 is 10.6 Å². The fourth-order valence-corrected chi connectivity index (χ4v) is 3.83. The van der Waals surface area contributed by atoms with Crippen LogP contribution in [0.1, 0.15) is 44.6 Å². The van der Waals surface area contributed by atoms with Gasteiger partial charge in [-0.2, -0.15) is 0 Å². The Morgan fingerprint density at radius 1 is 1.23 bits per heavy atom. The highest BCUT2D eigenvalue weighted by molar-refractivity contribution is 5.78. The van der Waals surface area contributed by atoms with Crippen molar-refractivity contribution in [1.29, 1.82) is 0 Å². The first-order chi connectivity index (χ1) is 12.3. The van der Waals surface area contributed by atoms with Crippen LogP contribution in [-0.2, 0) is 15.1 Å². The van der Waals surface area contributed by atoms with Crippen LogP contribution in [0.15, 0.2) is 18.2 Å². The summed E-state index contributed by atoms with van der Waals surface area (Å²) in [5.41, 5.74) is -0.537. The number of nitrogens with one attached hydrogen (secondary N) is 2. The summed E-state index contributed by atoms with van der Waals surface area (Å²) in [6.45, 7) is 2.06. The average Bonchev–Trinajstić information content (AvgIpc) is 3.27. The maximum absolute atomic E-state index is 14.1. The molecule has 1 heterocycles. The van der Waals surface area contributed by atoms with Crippen LogP contribution in [-0.4, -0.2) is 42.4 Å². The van der Waals surface area contributed by atoms with E-state index in [9.17, 15) is 18.4 Å². The van der Waals surface area contributed by atoms with Crippen molar-refractivity contribution >= 4 is 11.8 Å². The molecule has 5 nitrogen and oxygen atoms in total. The average molecular weight is 365 g/mol. The molecule has 1 aromatic rings. The largest absolute Gasteiger partial charge is 0.355 e. The van der Waals surface area contributed by atoms with Crippen LogP contribution in [0.25, 0.3) is 0 Å². The first-order valence-electron chi connectivity index (χ1n) is 9.04. The first kappa shape index (κ1) is 18.8. The topological polar surface area (TPSA) is 61.4 Å². The van der Waals surface area contributed by atoms with Crippen molar-refractivity contribution in [2.24, 2.45) is 0 Å². The normalized spacial score (nSPS) is 24.3. The quantitative estimate of drug-likeness (QED) is 0.811. The van der Waals surface area contributed by atoms with Crippen molar-refractivity contribution in [2.75, 3.05) is 13.6 Å². The lowest BCUT2D eigenvalue weighted by Gasteiger charge is -2.26. The van der Waals surface area contributed by atoms with E-state index in [0.29, 0.717) is 25.8 Å². The Morgan fingerprint density at radius 3 is 2.58 bits per heavy atom. The lowest BCUT2D eigenvalue weighted by atomic mass is 10.0. The Hall–Kier alpha value is -2.02. The molecule has 142 valence electrons. The number of carbonyl (C=O) groups is 2. The van der Waals surface area contributed by atoms with Gasteiger partial charge in [-0.3, -0.25) is 14.5 Å². The van der Waals surface area contributed by atoms with E-state index < -0.39 is 17.2 Å². The van der Waals surface area contributed by atoms with Crippen molar-refractivity contribution < 1.29 is 18.4 Å². The summed E-state index contributed by atoms with van der Waals surface area (Å²) < 4.78 is 27.5. The third-order valence-corrected chi connectivity index (χ3v) is 5.57. The molecule has 0 aromatic heterocycles. The minimum atomic E-state index is -0.768. The Bertz CT molecular complexity index is 706. The van der Waals surface area contributed by atoms with Gasteiger partial charge in [0.25, 0.3) is 0 Å². The SMILES string of the molecule is CC(=O)NC[C@H]1CC[C@@H](CC(=O)NC2(c3cc(F)ccc3F)CC2)N1C. The number of benzene rings is 1. The number of amides is 2. The lowest BCUT2D eigenvalue weighted by molar-refractivity contribution is -0.123. The molecule has 0 bridgehead atoms. The molecule has 0 spiro atoms. The molecule has 2 atom stereocenters. The van der Waals surface area contributed by atoms with E-state index in [1.54, 1.807) is 0 Å². The number of halogens is 2. The molecule has 0 unspecified atom stereocenters. The number of carbonyl (C=O) groups excluding carboxylic acids is 2. The van der Waals surface area contributed by atoms with Crippen molar-refractivity contribution in [3.05, 3.63) is 35.4 Å². The molecule has 2 aliphatic rings. The first-order valence-corrected chi connectivity index (χ1v) is 9.04. The number of hydrogen-bond donors (Lipinski definition) is 2. The molecular formula is C19H25F2N3O2. The predicted octanol–water partition coefficient (Wildman–Crippen LogP) is 2.06. The highest BCUT2D eigenvalue weighted by Gasteiger charge is 2.48. The summed E-state index contributed by atoms with van der Waals surface area (Å²) >= 11 is 0. The monoisotopic (exact) mass is 365 g/mol. The Kier molecular flexibility index (Phi) is 5.27. The summed E-state index contributed by atoms with van der Waals surface area (Å²) in [5.74, 6) is -1.20. The van der Waals surface area contributed by atoms with Crippen molar-refractivity contribution in [2.45, 2.75) is 56.7 Å². The van der Waals surface area contributed by atoms with Crippen molar-refractivity contribution in [1.82, 2.24) is 15.5 Å². The van der Waals surface area contributed by atoms with Gasteiger partial charge in [-0.15, -0.1) is 0 Å². The molecule has 3 rings (SSSR count). The van der Waals surface area contributed by atoms with Gasteiger partial charge in [0, 0.05) is 37.5 Å². The van der Waals surface area contributed by atoms with Crippen LogP contribution in [0.4, 0.5) is 8.78 Å². The number of likely N-dealkylation sites (tertiary alicyclic amines) is 1. The molecule has 0 radical (unpaired) electrons. The number of nitrogens with zero attached hydrogens (tertiary/aromatic N) is 1. The standard InChI is InChI=1S/C19H25F2N3O2/c1-12(25)22-11-15-5-4-14(24(15)2)10-18(26)23-19(7-8-19)16-9-13(20)3-6-17(16)21/h3,6,9,14-15H,4-5,7-8,10-11H2,1-2H3,(H,22,25)(H,23,26)/t14-,15+/m0/s1. The predicted molar refractivity (Wildman–Crippen MR) is 93.3 cm³/mol. The molecule has 1 saturated heterocycles. The maximum Gasteiger partial charge on any atom is 0.222 e. The molecule has 1 aromatic carbocycles. The second-order valence-corrected chi connectivity index (χ2v) is 7.45. The molecule has 26 heavy (non-hydrogen) atoms. The zero-order valence-electron chi connectivity index (χ0n) is 15.1. The van der Waals surface area contributed by atoms with Gasteiger partial charge in [0.1, 0.15) is 11.6 Å². The molecule has 7 heteroatoms. The van der Waals surface area contributed by atoms with Gasteiger partial charge in [0.2, 0.25) is 11.8 Å². The summed E-state index contributed by atoms with van der Waals surface area (Å²) in [7, 11) is 1.95. The molecular weight excluding hydrogens is 340 g/mol. The maximum atomic E-state index is 14.1. The van der Waals surface area contributed by atoms with E-state index in [-0.39, 0.29) is 29.5 Å². The number of hydrogen-bond acceptors (Lipinski definition) is 3. The zero-order valence-corrected chi connectivity index (χ0v) is 15.1.